The molecule has 1 fully saturated rings. The number of thiazole rings is 2. The lowest BCUT2D eigenvalue weighted by Crippen LogP contribution is -2.53. The standard InChI is InChI=1S/C21H26N6OS2/c1-4-5-16-11-22-8-9-27(16)20(28)15-6-7-18(23-10-15)26-21-25-17(12-29-21)19-13(2)24-14(3)30-19/h6-7,10,12,16,22H,4-5,8-9,11H2,1-3H3,(H,23,25,26)/t16-/m0/s1. The highest BCUT2D eigenvalue weighted by atomic mass is 32.1. The van der Waals surface area contributed by atoms with Crippen LogP contribution in [-0.2, 0) is 0 Å². The number of carbonyl (C=O) groups excluding carboxylic acids is 1. The Morgan fingerprint density at radius 1 is 1.33 bits per heavy atom. The van der Waals surface area contributed by atoms with Crippen molar-refractivity contribution in [1.82, 2.24) is 25.2 Å². The molecule has 3 aromatic rings. The SMILES string of the molecule is CCC[C@H]1CNCCN1C(=O)c1ccc(Nc2nc(-c3sc(C)nc3C)cs2)nc1. The van der Waals surface area contributed by atoms with Gasteiger partial charge in [-0.2, -0.15) is 0 Å². The zero-order valence-corrected chi connectivity index (χ0v) is 19.1. The van der Waals surface area contributed by atoms with Gasteiger partial charge < -0.3 is 15.5 Å². The monoisotopic (exact) mass is 442 g/mol. The molecular weight excluding hydrogens is 416 g/mol. The van der Waals surface area contributed by atoms with Crippen LogP contribution in [0.25, 0.3) is 10.6 Å². The predicted octanol–water partition coefficient (Wildman–Crippen LogP) is 4.24. The first-order chi connectivity index (χ1) is 14.5. The highest BCUT2D eigenvalue weighted by Gasteiger charge is 2.26. The molecule has 7 nitrogen and oxygen atoms in total. The van der Waals surface area contributed by atoms with Gasteiger partial charge in [-0.25, -0.2) is 15.0 Å². The van der Waals surface area contributed by atoms with Gasteiger partial charge in [-0.05, 0) is 32.4 Å². The van der Waals surface area contributed by atoms with Gasteiger partial charge in [0.1, 0.15) is 5.82 Å². The Morgan fingerprint density at radius 3 is 2.90 bits per heavy atom. The second-order valence-electron chi connectivity index (χ2n) is 7.39. The van der Waals surface area contributed by atoms with Gasteiger partial charge in [0, 0.05) is 37.3 Å². The second kappa shape index (κ2) is 9.20. The maximum Gasteiger partial charge on any atom is 0.255 e. The first-order valence-electron chi connectivity index (χ1n) is 10.2. The molecule has 0 aromatic carbocycles. The number of pyridine rings is 1. The molecule has 0 spiro atoms. The van der Waals surface area contributed by atoms with Crippen LogP contribution in [0.1, 0.15) is 40.8 Å². The maximum absolute atomic E-state index is 13.0. The molecule has 4 heterocycles. The Labute approximate surface area is 184 Å². The van der Waals surface area contributed by atoms with Crippen molar-refractivity contribution in [3.63, 3.8) is 0 Å². The minimum absolute atomic E-state index is 0.0570. The average molecular weight is 443 g/mol. The summed E-state index contributed by atoms with van der Waals surface area (Å²) in [6.07, 6.45) is 3.73. The molecule has 1 aliphatic rings. The molecule has 1 atom stereocenters. The molecule has 1 saturated heterocycles. The van der Waals surface area contributed by atoms with Crippen molar-refractivity contribution in [2.45, 2.75) is 39.7 Å². The molecule has 30 heavy (non-hydrogen) atoms. The van der Waals surface area contributed by atoms with Gasteiger partial charge in [0.15, 0.2) is 5.13 Å². The van der Waals surface area contributed by atoms with E-state index in [2.05, 4.69) is 32.5 Å². The van der Waals surface area contributed by atoms with E-state index in [0.717, 1.165) is 58.9 Å². The number of amides is 1. The quantitative estimate of drug-likeness (QED) is 0.594. The smallest absolute Gasteiger partial charge is 0.255 e. The Kier molecular flexibility index (Phi) is 6.40. The molecule has 9 heteroatoms. The van der Waals surface area contributed by atoms with Crippen molar-refractivity contribution in [3.8, 4) is 10.6 Å². The van der Waals surface area contributed by atoms with Crippen molar-refractivity contribution in [1.29, 1.82) is 0 Å². The normalized spacial score (nSPS) is 16.6. The minimum Gasteiger partial charge on any atom is -0.333 e. The van der Waals surface area contributed by atoms with Crippen LogP contribution >= 0.6 is 22.7 Å². The third-order valence-electron chi connectivity index (χ3n) is 5.12. The molecule has 0 unspecified atom stereocenters. The Hall–Kier alpha value is -2.36. The van der Waals surface area contributed by atoms with E-state index in [1.54, 1.807) is 17.5 Å². The van der Waals surface area contributed by atoms with Crippen LogP contribution in [-0.4, -0.2) is 51.4 Å². The Balaban J connectivity index is 1.44. The summed E-state index contributed by atoms with van der Waals surface area (Å²) in [6, 6.07) is 3.93. The number of hydrogen-bond donors (Lipinski definition) is 2. The molecule has 1 aliphatic heterocycles. The van der Waals surface area contributed by atoms with Gasteiger partial charge in [0.05, 0.1) is 26.8 Å². The van der Waals surface area contributed by atoms with Crippen LogP contribution in [0.15, 0.2) is 23.7 Å². The molecule has 4 rings (SSSR count). The third-order valence-corrected chi connectivity index (χ3v) is 6.97. The van der Waals surface area contributed by atoms with Crippen molar-refractivity contribution in [3.05, 3.63) is 40.0 Å². The highest BCUT2D eigenvalue weighted by molar-refractivity contribution is 7.16. The number of nitrogens with one attached hydrogen (secondary N) is 2. The molecule has 158 valence electrons. The summed E-state index contributed by atoms with van der Waals surface area (Å²) < 4.78 is 0. The molecule has 2 N–H and O–H groups in total. The van der Waals surface area contributed by atoms with E-state index in [9.17, 15) is 4.79 Å². The third kappa shape index (κ3) is 4.53. The number of piperazine rings is 1. The Bertz CT molecular complexity index is 1010. The summed E-state index contributed by atoms with van der Waals surface area (Å²) in [5, 5.41) is 10.5. The molecule has 1 amide bonds. The molecule has 0 aliphatic carbocycles. The number of aryl methyl sites for hydroxylation is 2. The lowest BCUT2D eigenvalue weighted by molar-refractivity contribution is 0.0624. The van der Waals surface area contributed by atoms with Crippen LogP contribution in [0, 0.1) is 13.8 Å². The van der Waals surface area contributed by atoms with Crippen molar-refractivity contribution in [2.75, 3.05) is 25.0 Å². The zero-order valence-electron chi connectivity index (χ0n) is 17.4. The van der Waals surface area contributed by atoms with Crippen LogP contribution in [0.2, 0.25) is 0 Å². The summed E-state index contributed by atoms with van der Waals surface area (Å²) in [5.41, 5.74) is 2.56. The van der Waals surface area contributed by atoms with Gasteiger partial charge in [0.25, 0.3) is 5.91 Å². The molecule has 0 radical (unpaired) electrons. The van der Waals surface area contributed by atoms with E-state index in [0.29, 0.717) is 11.4 Å². The number of hydrogen-bond acceptors (Lipinski definition) is 8. The van der Waals surface area contributed by atoms with Gasteiger partial charge in [0.2, 0.25) is 0 Å². The number of rotatable bonds is 6. The van der Waals surface area contributed by atoms with E-state index in [4.69, 9.17) is 0 Å². The second-order valence-corrected chi connectivity index (χ2v) is 9.45. The van der Waals surface area contributed by atoms with Gasteiger partial charge in [-0.15, -0.1) is 22.7 Å². The lowest BCUT2D eigenvalue weighted by Gasteiger charge is -2.36. The fraction of sp³-hybridized carbons (Fsp3) is 0.429. The number of anilines is 2. The van der Waals surface area contributed by atoms with Gasteiger partial charge in [-0.3, -0.25) is 4.79 Å². The van der Waals surface area contributed by atoms with Crippen LogP contribution < -0.4 is 10.6 Å². The summed E-state index contributed by atoms with van der Waals surface area (Å²) in [5.74, 6) is 0.733. The highest BCUT2D eigenvalue weighted by Crippen LogP contribution is 2.32. The minimum atomic E-state index is 0.0570. The predicted molar refractivity (Wildman–Crippen MR) is 123 cm³/mol. The fourth-order valence-corrected chi connectivity index (χ4v) is 5.36. The van der Waals surface area contributed by atoms with Crippen molar-refractivity contribution < 1.29 is 4.79 Å². The number of carbonyl (C=O) groups is 1. The lowest BCUT2D eigenvalue weighted by atomic mass is 10.1. The summed E-state index contributed by atoms with van der Waals surface area (Å²) in [7, 11) is 0. The first kappa shape index (κ1) is 20.9. The Morgan fingerprint density at radius 2 is 2.20 bits per heavy atom. The van der Waals surface area contributed by atoms with Gasteiger partial charge in [-0.1, -0.05) is 13.3 Å². The van der Waals surface area contributed by atoms with Crippen LogP contribution in [0.4, 0.5) is 10.9 Å². The van der Waals surface area contributed by atoms with Gasteiger partial charge >= 0.3 is 0 Å². The number of aromatic nitrogens is 3. The molecule has 0 saturated carbocycles. The summed E-state index contributed by atoms with van der Waals surface area (Å²) in [4.78, 5) is 29.6. The fourth-order valence-electron chi connectivity index (χ4n) is 3.69. The van der Waals surface area contributed by atoms with E-state index < -0.39 is 0 Å². The van der Waals surface area contributed by atoms with E-state index >= 15 is 0 Å². The summed E-state index contributed by atoms with van der Waals surface area (Å²) in [6.45, 7) is 8.60. The first-order valence-corrected chi connectivity index (χ1v) is 11.9. The molecular formula is C21H26N6OS2. The molecule has 0 bridgehead atoms. The largest absolute Gasteiger partial charge is 0.333 e. The maximum atomic E-state index is 13.0. The van der Waals surface area contributed by atoms with E-state index in [-0.39, 0.29) is 11.9 Å². The van der Waals surface area contributed by atoms with Crippen LogP contribution in [0.3, 0.4) is 0 Å². The number of nitrogens with zero attached hydrogens (tertiary/aromatic N) is 4. The van der Waals surface area contributed by atoms with Crippen molar-refractivity contribution in [2.24, 2.45) is 0 Å². The average Bonchev–Trinajstić information content (AvgIpc) is 3.34. The topological polar surface area (TPSA) is 83.0 Å². The molecule has 3 aromatic heterocycles. The van der Waals surface area contributed by atoms with E-state index in [1.165, 1.54) is 11.3 Å². The zero-order chi connectivity index (χ0) is 21.1. The van der Waals surface area contributed by atoms with E-state index in [1.807, 2.05) is 36.3 Å². The van der Waals surface area contributed by atoms with Crippen LogP contribution in [0.5, 0.6) is 0 Å². The van der Waals surface area contributed by atoms with Crippen molar-refractivity contribution >= 4 is 39.5 Å². The summed E-state index contributed by atoms with van der Waals surface area (Å²) >= 11 is 3.18.